The zero-order chi connectivity index (χ0) is 14.3. The first-order chi connectivity index (χ1) is 9.02. The smallest absolute Gasteiger partial charge is 0.321 e. The molecule has 0 bridgehead atoms. The zero-order valence-electron chi connectivity index (χ0n) is 10.8. The van der Waals surface area contributed by atoms with Crippen molar-refractivity contribution in [2.75, 3.05) is 6.61 Å². The molecule has 0 fully saturated rings. The highest BCUT2D eigenvalue weighted by molar-refractivity contribution is 5.95. The molecule has 0 aliphatic heterocycles. The number of amides is 3. The maximum atomic E-state index is 11.4. The first kappa shape index (κ1) is 14.5. The number of nitriles is 1. The maximum Gasteiger partial charge on any atom is 0.321 e. The van der Waals surface area contributed by atoms with E-state index in [1.165, 1.54) is 0 Å². The molecule has 2 N–H and O–H groups in total. The van der Waals surface area contributed by atoms with Crippen LogP contribution in [0, 0.1) is 11.3 Å². The minimum atomic E-state index is -0.578. The van der Waals surface area contributed by atoms with Crippen LogP contribution in [0.2, 0.25) is 0 Å². The quantitative estimate of drug-likeness (QED) is 0.851. The van der Waals surface area contributed by atoms with Gasteiger partial charge < -0.3 is 10.1 Å². The highest BCUT2D eigenvalue weighted by atomic mass is 16.5. The second kappa shape index (κ2) is 7.01. The fourth-order valence-corrected chi connectivity index (χ4v) is 1.29. The van der Waals surface area contributed by atoms with E-state index in [-0.39, 0.29) is 12.6 Å². The number of imide groups is 1. The van der Waals surface area contributed by atoms with Crippen molar-refractivity contribution < 1.29 is 14.3 Å². The van der Waals surface area contributed by atoms with Crippen LogP contribution in [0.15, 0.2) is 24.3 Å². The van der Waals surface area contributed by atoms with Gasteiger partial charge in [-0.1, -0.05) is 12.1 Å². The van der Waals surface area contributed by atoms with E-state index in [0.29, 0.717) is 11.3 Å². The number of ether oxygens (including phenoxy) is 1. The molecule has 3 amide bonds. The number of hydrogen-bond acceptors (Lipinski definition) is 4. The van der Waals surface area contributed by atoms with Crippen molar-refractivity contribution >= 4 is 11.9 Å². The number of hydrogen-bond donors (Lipinski definition) is 2. The highest BCUT2D eigenvalue weighted by Crippen LogP contribution is 2.15. The van der Waals surface area contributed by atoms with Crippen LogP contribution in [0.3, 0.4) is 0 Å². The van der Waals surface area contributed by atoms with Crippen LogP contribution < -0.4 is 15.4 Å². The topological polar surface area (TPSA) is 91.2 Å². The van der Waals surface area contributed by atoms with Gasteiger partial charge in [0.15, 0.2) is 6.61 Å². The van der Waals surface area contributed by atoms with Crippen molar-refractivity contribution in [2.24, 2.45) is 0 Å². The van der Waals surface area contributed by atoms with Gasteiger partial charge in [0.1, 0.15) is 11.8 Å². The van der Waals surface area contributed by atoms with Crippen molar-refractivity contribution in [1.82, 2.24) is 10.6 Å². The predicted octanol–water partition coefficient (Wildman–Crippen LogP) is 1.17. The van der Waals surface area contributed by atoms with Gasteiger partial charge in [0.25, 0.3) is 5.91 Å². The van der Waals surface area contributed by atoms with Crippen LogP contribution in [-0.2, 0) is 4.79 Å². The Balaban J connectivity index is 2.47. The summed E-state index contributed by atoms with van der Waals surface area (Å²) in [4.78, 5) is 22.7. The van der Waals surface area contributed by atoms with Crippen molar-refractivity contribution in [2.45, 2.75) is 19.9 Å². The van der Waals surface area contributed by atoms with E-state index in [1.807, 2.05) is 6.07 Å². The molecule has 0 spiro atoms. The normalized spacial score (nSPS) is 9.58. The third kappa shape index (κ3) is 5.08. The lowest BCUT2D eigenvalue weighted by molar-refractivity contribution is -0.122. The second-order valence-corrected chi connectivity index (χ2v) is 4.07. The Labute approximate surface area is 111 Å². The van der Waals surface area contributed by atoms with Crippen LogP contribution in [0.25, 0.3) is 0 Å². The number of carbonyl (C=O) groups excluding carboxylic acids is 2. The van der Waals surface area contributed by atoms with Crippen LogP contribution in [0.5, 0.6) is 5.75 Å². The molecule has 0 saturated carbocycles. The van der Waals surface area contributed by atoms with Gasteiger partial charge in [0.2, 0.25) is 0 Å². The van der Waals surface area contributed by atoms with Gasteiger partial charge in [0.05, 0.1) is 5.56 Å². The molecule has 0 radical (unpaired) electrons. The molecular weight excluding hydrogens is 246 g/mol. The molecule has 0 aliphatic rings. The molecule has 1 aromatic carbocycles. The largest absolute Gasteiger partial charge is 0.482 e. The lowest BCUT2D eigenvalue weighted by Gasteiger charge is -2.10. The van der Waals surface area contributed by atoms with Crippen LogP contribution in [0.1, 0.15) is 19.4 Å². The minimum absolute atomic E-state index is 0.0620. The number of carbonyl (C=O) groups is 2. The summed E-state index contributed by atoms with van der Waals surface area (Å²) in [5.74, 6) is -0.268. The molecule has 0 aliphatic carbocycles. The molecule has 0 aromatic heterocycles. The Morgan fingerprint density at radius 1 is 1.37 bits per heavy atom. The van der Waals surface area contributed by atoms with E-state index in [4.69, 9.17) is 10.00 Å². The van der Waals surface area contributed by atoms with Gasteiger partial charge >= 0.3 is 6.03 Å². The Hall–Kier alpha value is -2.55. The van der Waals surface area contributed by atoms with E-state index >= 15 is 0 Å². The number of benzene rings is 1. The number of urea groups is 1. The first-order valence-electron chi connectivity index (χ1n) is 5.75. The van der Waals surface area contributed by atoms with Crippen LogP contribution in [-0.4, -0.2) is 24.6 Å². The monoisotopic (exact) mass is 261 g/mol. The number of para-hydroxylation sites is 1. The van der Waals surface area contributed by atoms with E-state index < -0.39 is 11.9 Å². The Kier molecular flexibility index (Phi) is 5.35. The lowest BCUT2D eigenvalue weighted by atomic mass is 10.2. The fraction of sp³-hybridized carbons (Fsp3) is 0.308. The third-order valence-corrected chi connectivity index (χ3v) is 2.04. The summed E-state index contributed by atoms with van der Waals surface area (Å²) in [7, 11) is 0. The number of nitrogens with zero attached hydrogens (tertiary/aromatic N) is 1. The third-order valence-electron chi connectivity index (χ3n) is 2.04. The van der Waals surface area contributed by atoms with Gasteiger partial charge in [-0.25, -0.2) is 4.79 Å². The Bertz CT molecular complexity index is 506. The average Bonchev–Trinajstić information content (AvgIpc) is 2.35. The zero-order valence-corrected chi connectivity index (χ0v) is 10.8. The molecule has 1 rings (SSSR count). The molecule has 6 nitrogen and oxygen atoms in total. The summed E-state index contributed by atoms with van der Waals surface area (Å²) < 4.78 is 5.18. The van der Waals surface area contributed by atoms with E-state index in [2.05, 4.69) is 10.6 Å². The van der Waals surface area contributed by atoms with Crippen LogP contribution >= 0.6 is 0 Å². The van der Waals surface area contributed by atoms with Gasteiger partial charge in [-0.3, -0.25) is 10.1 Å². The van der Waals surface area contributed by atoms with Gasteiger partial charge in [-0.05, 0) is 26.0 Å². The summed E-state index contributed by atoms with van der Waals surface area (Å²) in [6.07, 6.45) is 0. The standard InChI is InChI=1S/C13H15N3O3/c1-9(2)15-13(18)16-12(17)8-19-11-6-4-3-5-10(11)7-14/h3-6,9H,8H2,1-2H3,(H2,15,16,17,18). The average molecular weight is 261 g/mol. The molecule has 1 aromatic rings. The summed E-state index contributed by atoms with van der Waals surface area (Å²) in [5.41, 5.74) is 0.335. The highest BCUT2D eigenvalue weighted by Gasteiger charge is 2.10. The van der Waals surface area contributed by atoms with Gasteiger partial charge in [-0.2, -0.15) is 5.26 Å². The number of rotatable bonds is 4. The molecule has 0 saturated heterocycles. The van der Waals surface area contributed by atoms with Crippen molar-refractivity contribution in [3.05, 3.63) is 29.8 Å². The SMILES string of the molecule is CC(C)NC(=O)NC(=O)COc1ccccc1C#N. The Morgan fingerprint density at radius 2 is 2.05 bits per heavy atom. The summed E-state index contributed by atoms with van der Waals surface area (Å²) >= 11 is 0. The van der Waals surface area contributed by atoms with Crippen molar-refractivity contribution in [3.63, 3.8) is 0 Å². The number of nitrogens with one attached hydrogen (secondary N) is 2. The van der Waals surface area contributed by atoms with E-state index in [0.717, 1.165) is 0 Å². The predicted molar refractivity (Wildman–Crippen MR) is 68.5 cm³/mol. The molecule has 100 valence electrons. The van der Waals surface area contributed by atoms with E-state index in [9.17, 15) is 9.59 Å². The summed E-state index contributed by atoms with van der Waals surface area (Å²) in [6.45, 7) is 3.23. The van der Waals surface area contributed by atoms with Crippen LogP contribution in [0.4, 0.5) is 4.79 Å². The minimum Gasteiger partial charge on any atom is -0.482 e. The fourth-order valence-electron chi connectivity index (χ4n) is 1.29. The second-order valence-electron chi connectivity index (χ2n) is 4.07. The Morgan fingerprint density at radius 3 is 2.68 bits per heavy atom. The van der Waals surface area contributed by atoms with Crippen molar-refractivity contribution in [1.29, 1.82) is 5.26 Å². The first-order valence-corrected chi connectivity index (χ1v) is 5.75. The molecule has 0 atom stereocenters. The molecule has 19 heavy (non-hydrogen) atoms. The van der Waals surface area contributed by atoms with Gasteiger partial charge in [-0.15, -0.1) is 0 Å². The molecule has 0 unspecified atom stereocenters. The molecule has 6 heteroatoms. The summed E-state index contributed by atoms with van der Waals surface area (Å²) in [6, 6.07) is 7.87. The van der Waals surface area contributed by atoms with E-state index in [1.54, 1.807) is 38.1 Å². The lowest BCUT2D eigenvalue weighted by Crippen LogP contribution is -2.44. The van der Waals surface area contributed by atoms with Crippen molar-refractivity contribution in [3.8, 4) is 11.8 Å². The van der Waals surface area contributed by atoms with Gasteiger partial charge in [0, 0.05) is 6.04 Å². The molecule has 0 heterocycles. The molecular formula is C13H15N3O3. The summed E-state index contributed by atoms with van der Waals surface area (Å²) in [5, 5.41) is 13.5. The maximum absolute atomic E-state index is 11.4.